The Balaban J connectivity index is 3.16. The van der Waals surface area contributed by atoms with E-state index >= 15 is 0 Å². The van der Waals surface area contributed by atoms with Crippen molar-refractivity contribution in [2.45, 2.75) is 18.9 Å². The molecule has 0 bridgehead atoms. The molecule has 88 valence electrons. The summed E-state index contributed by atoms with van der Waals surface area (Å²) in [6, 6.07) is 1.21. The van der Waals surface area contributed by atoms with Crippen LogP contribution in [0.4, 0.5) is 8.78 Å². The van der Waals surface area contributed by atoms with Crippen LogP contribution < -0.4 is 5.73 Å². The zero-order valence-corrected chi connectivity index (χ0v) is 9.13. The van der Waals surface area contributed by atoms with Gasteiger partial charge in [0.1, 0.15) is 0 Å². The molecule has 1 aromatic rings. The first-order valence-electron chi connectivity index (χ1n) is 4.39. The van der Waals surface area contributed by atoms with Crippen LogP contribution >= 0.6 is 11.6 Å². The quantitative estimate of drug-likeness (QED) is 0.863. The minimum atomic E-state index is -3.62. The maximum atomic E-state index is 13.6. The van der Waals surface area contributed by atoms with Crippen LogP contribution in [0, 0.1) is 6.92 Å². The maximum absolute atomic E-state index is 13.6. The van der Waals surface area contributed by atoms with Crippen molar-refractivity contribution >= 4 is 17.6 Å². The molecule has 0 aromatic heterocycles. The lowest BCUT2D eigenvalue weighted by Gasteiger charge is -2.21. The number of carboxylic acids is 1. The van der Waals surface area contributed by atoms with E-state index in [2.05, 4.69) is 0 Å². The molecule has 3 nitrogen and oxygen atoms in total. The van der Waals surface area contributed by atoms with Crippen LogP contribution in [0.2, 0.25) is 5.02 Å². The second kappa shape index (κ2) is 4.35. The van der Waals surface area contributed by atoms with Gasteiger partial charge in [0.25, 0.3) is 5.92 Å². The lowest BCUT2D eigenvalue weighted by molar-refractivity contribution is -0.149. The van der Waals surface area contributed by atoms with Crippen LogP contribution in [0.15, 0.2) is 18.2 Å². The summed E-state index contributed by atoms with van der Waals surface area (Å²) >= 11 is 5.68. The van der Waals surface area contributed by atoms with Gasteiger partial charge in [0, 0.05) is 10.6 Å². The highest BCUT2D eigenvalue weighted by molar-refractivity contribution is 6.31. The summed E-state index contributed by atoms with van der Waals surface area (Å²) in [4.78, 5) is 10.4. The van der Waals surface area contributed by atoms with Crippen LogP contribution in [-0.4, -0.2) is 17.1 Å². The SMILES string of the molecule is Cc1cc(C(F)(F)C(N)C(=O)O)ccc1Cl. The number of alkyl halides is 2. The van der Waals surface area contributed by atoms with Crippen molar-refractivity contribution in [2.75, 3.05) is 0 Å². The molecule has 0 aliphatic rings. The standard InChI is InChI=1S/C10H10ClF2NO2/c1-5-4-6(2-3-7(5)11)10(12,13)8(14)9(15)16/h2-4,8H,14H2,1H3,(H,15,16). The molecule has 0 amide bonds. The third-order valence-corrected chi connectivity index (χ3v) is 2.62. The number of carboxylic acid groups (broad SMARTS) is 1. The molecular formula is C10H10ClF2NO2. The van der Waals surface area contributed by atoms with Gasteiger partial charge in [0.15, 0.2) is 6.04 Å². The fourth-order valence-electron chi connectivity index (χ4n) is 1.19. The van der Waals surface area contributed by atoms with Gasteiger partial charge in [-0.15, -0.1) is 0 Å². The van der Waals surface area contributed by atoms with Crippen LogP contribution in [-0.2, 0) is 10.7 Å². The molecule has 1 rings (SSSR count). The Morgan fingerprint density at radius 3 is 2.56 bits per heavy atom. The van der Waals surface area contributed by atoms with E-state index < -0.39 is 23.5 Å². The van der Waals surface area contributed by atoms with Crippen molar-refractivity contribution in [2.24, 2.45) is 5.73 Å². The van der Waals surface area contributed by atoms with E-state index in [1.54, 1.807) is 6.92 Å². The Morgan fingerprint density at radius 1 is 1.56 bits per heavy atom. The molecule has 0 saturated heterocycles. The molecule has 0 aliphatic heterocycles. The predicted octanol–water partition coefficient (Wildman–Crippen LogP) is 2.15. The number of nitrogens with two attached hydrogens (primary N) is 1. The third-order valence-electron chi connectivity index (χ3n) is 2.20. The van der Waals surface area contributed by atoms with Crippen molar-refractivity contribution in [1.82, 2.24) is 0 Å². The number of rotatable bonds is 3. The van der Waals surface area contributed by atoms with Gasteiger partial charge in [-0.05, 0) is 24.6 Å². The van der Waals surface area contributed by atoms with E-state index in [1.807, 2.05) is 0 Å². The molecule has 0 heterocycles. The van der Waals surface area contributed by atoms with E-state index in [0.29, 0.717) is 10.6 Å². The van der Waals surface area contributed by atoms with Crippen molar-refractivity contribution in [3.63, 3.8) is 0 Å². The summed E-state index contributed by atoms with van der Waals surface area (Å²) in [7, 11) is 0. The van der Waals surface area contributed by atoms with Gasteiger partial charge >= 0.3 is 5.97 Å². The summed E-state index contributed by atoms with van der Waals surface area (Å²) in [5.41, 5.74) is 4.92. The number of hydrogen-bond acceptors (Lipinski definition) is 2. The predicted molar refractivity (Wildman–Crippen MR) is 55.7 cm³/mol. The Morgan fingerprint density at radius 2 is 2.12 bits per heavy atom. The highest BCUT2D eigenvalue weighted by Crippen LogP contribution is 2.32. The lowest BCUT2D eigenvalue weighted by Crippen LogP contribution is -2.45. The summed E-state index contributed by atoms with van der Waals surface area (Å²) < 4.78 is 27.1. The Labute approximate surface area is 95.8 Å². The van der Waals surface area contributed by atoms with E-state index in [-0.39, 0.29) is 0 Å². The number of aryl methyl sites for hydroxylation is 1. The van der Waals surface area contributed by atoms with Gasteiger partial charge < -0.3 is 10.8 Å². The van der Waals surface area contributed by atoms with Gasteiger partial charge in [-0.1, -0.05) is 17.7 Å². The van der Waals surface area contributed by atoms with Gasteiger partial charge in [0.2, 0.25) is 0 Å². The molecule has 0 fully saturated rings. The second-order valence-corrected chi connectivity index (χ2v) is 3.81. The minimum absolute atomic E-state index is 0.337. The first-order chi connectivity index (χ1) is 7.26. The molecule has 0 aliphatic carbocycles. The zero-order valence-electron chi connectivity index (χ0n) is 8.38. The number of halogens is 3. The van der Waals surface area contributed by atoms with Crippen LogP contribution in [0.25, 0.3) is 0 Å². The monoisotopic (exact) mass is 249 g/mol. The Hall–Kier alpha value is -1.20. The molecule has 0 spiro atoms. The Bertz CT molecular complexity index is 423. The smallest absolute Gasteiger partial charge is 0.327 e. The van der Waals surface area contributed by atoms with Gasteiger partial charge in [-0.3, -0.25) is 4.79 Å². The first-order valence-corrected chi connectivity index (χ1v) is 4.77. The average molecular weight is 250 g/mol. The molecule has 1 aromatic carbocycles. The zero-order chi connectivity index (χ0) is 12.5. The van der Waals surface area contributed by atoms with E-state index in [0.717, 1.165) is 12.1 Å². The molecular weight excluding hydrogens is 240 g/mol. The molecule has 0 radical (unpaired) electrons. The van der Waals surface area contributed by atoms with Crippen LogP contribution in [0.1, 0.15) is 11.1 Å². The minimum Gasteiger partial charge on any atom is -0.480 e. The van der Waals surface area contributed by atoms with E-state index in [1.165, 1.54) is 6.07 Å². The van der Waals surface area contributed by atoms with Crippen LogP contribution in [0.5, 0.6) is 0 Å². The van der Waals surface area contributed by atoms with Gasteiger partial charge in [-0.2, -0.15) is 8.78 Å². The molecule has 1 unspecified atom stereocenters. The largest absolute Gasteiger partial charge is 0.480 e. The molecule has 3 N–H and O–H groups in total. The maximum Gasteiger partial charge on any atom is 0.327 e. The number of benzene rings is 1. The third kappa shape index (κ3) is 2.31. The summed E-state index contributed by atoms with van der Waals surface area (Å²) in [5, 5.41) is 8.81. The summed E-state index contributed by atoms with van der Waals surface area (Å²) in [6.45, 7) is 1.55. The molecule has 6 heteroatoms. The summed E-state index contributed by atoms with van der Waals surface area (Å²) in [5.74, 6) is -5.38. The fraction of sp³-hybridized carbons (Fsp3) is 0.300. The van der Waals surface area contributed by atoms with E-state index in [4.69, 9.17) is 22.4 Å². The second-order valence-electron chi connectivity index (χ2n) is 3.40. The normalized spacial score (nSPS) is 13.6. The number of carbonyl (C=O) groups is 1. The fourth-order valence-corrected chi connectivity index (χ4v) is 1.30. The topological polar surface area (TPSA) is 63.3 Å². The number of hydrogen-bond donors (Lipinski definition) is 2. The first kappa shape index (κ1) is 12.9. The van der Waals surface area contributed by atoms with Crippen molar-refractivity contribution in [3.05, 3.63) is 34.3 Å². The summed E-state index contributed by atoms with van der Waals surface area (Å²) in [6.07, 6.45) is 0. The number of aliphatic carboxylic acids is 1. The van der Waals surface area contributed by atoms with Gasteiger partial charge in [0.05, 0.1) is 0 Å². The van der Waals surface area contributed by atoms with Crippen molar-refractivity contribution < 1.29 is 18.7 Å². The van der Waals surface area contributed by atoms with Crippen molar-refractivity contribution in [1.29, 1.82) is 0 Å². The van der Waals surface area contributed by atoms with Gasteiger partial charge in [-0.25, -0.2) is 0 Å². The molecule has 1 atom stereocenters. The highest BCUT2D eigenvalue weighted by atomic mass is 35.5. The lowest BCUT2D eigenvalue weighted by atomic mass is 10.00. The van der Waals surface area contributed by atoms with E-state index in [9.17, 15) is 13.6 Å². The van der Waals surface area contributed by atoms with Crippen LogP contribution in [0.3, 0.4) is 0 Å². The van der Waals surface area contributed by atoms with Crippen molar-refractivity contribution in [3.8, 4) is 0 Å². The molecule has 16 heavy (non-hydrogen) atoms. The highest BCUT2D eigenvalue weighted by Gasteiger charge is 2.43. The average Bonchev–Trinajstić information content (AvgIpc) is 2.20. The molecule has 0 saturated carbocycles. The Kier molecular flexibility index (Phi) is 3.50.